The number of hydrogen-bond donors (Lipinski definition) is 2. The molecule has 0 heterocycles. The van der Waals surface area contributed by atoms with Crippen molar-refractivity contribution in [3.05, 3.63) is 46.5 Å². The number of hydrogen-bond acceptors (Lipinski definition) is 4. The molecule has 0 bridgehead atoms. The lowest BCUT2D eigenvalue weighted by Crippen LogP contribution is -2.13. The first kappa shape index (κ1) is 22.9. The summed E-state index contributed by atoms with van der Waals surface area (Å²) in [5.74, 6) is 1.10. The van der Waals surface area contributed by atoms with Crippen molar-refractivity contribution in [2.24, 2.45) is 5.92 Å². The second-order valence-corrected chi connectivity index (χ2v) is 6.96. The van der Waals surface area contributed by atoms with Crippen LogP contribution < -0.4 is 20.5 Å². The topological polar surface area (TPSA) is 73.6 Å². The molecule has 0 saturated carbocycles. The van der Waals surface area contributed by atoms with E-state index in [9.17, 15) is 4.79 Å². The Kier molecular flexibility index (Phi) is 8.73. The van der Waals surface area contributed by atoms with E-state index in [-0.39, 0.29) is 18.3 Å². The van der Waals surface area contributed by atoms with Crippen LogP contribution >= 0.6 is 24.0 Å². The molecule has 0 aliphatic rings. The minimum Gasteiger partial charge on any atom is -0.493 e. The first-order valence-electron chi connectivity index (χ1n) is 8.49. The number of carbonyl (C=O) groups is 1. The minimum absolute atomic E-state index is 0. The lowest BCUT2D eigenvalue weighted by molar-refractivity contribution is 0.102. The van der Waals surface area contributed by atoms with Gasteiger partial charge in [-0.2, -0.15) is 0 Å². The number of nitrogens with one attached hydrogen (secondary N) is 1. The molecule has 0 fully saturated rings. The number of anilines is 2. The summed E-state index contributed by atoms with van der Waals surface area (Å²) >= 11 is 6.33. The van der Waals surface area contributed by atoms with Gasteiger partial charge < -0.3 is 20.5 Å². The van der Waals surface area contributed by atoms with E-state index in [0.717, 1.165) is 12.0 Å². The Morgan fingerprint density at radius 1 is 1.26 bits per heavy atom. The average Bonchev–Trinajstić information content (AvgIpc) is 2.58. The third-order valence-electron chi connectivity index (χ3n) is 3.94. The summed E-state index contributed by atoms with van der Waals surface area (Å²) < 4.78 is 11.1. The van der Waals surface area contributed by atoms with Gasteiger partial charge in [0.2, 0.25) is 0 Å². The Bertz CT molecular complexity index is 795. The van der Waals surface area contributed by atoms with Crippen molar-refractivity contribution in [1.82, 2.24) is 0 Å². The first-order valence-corrected chi connectivity index (χ1v) is 8.87. The third-order valence-corrected chi connectivity index (χ3v) is 4.22. The molecule has 0 aliphatic carbocycles. The van der Waals surface area contributed by atoms with Crippen LogP contribution in [-0.4, -0.2) is 19.6 Å². The smallest absolute Gasteiger partial charge is 0.255 e. The van der Waals surface area contributed by atoms with E-state index in [0.29, 0.717) is 46.0 Å². The molecule has 2 aromatic carbocycles. The van der Waals surface area contributed by atoms with Crippen LogP contribution in [-0.2, 0) is 0 Å². The summed E-state index contributed by atoms with van der Waals surface area (Å²) in [5, 5.41) is 3.19. The highest BCUT2D eigenvalue weighted by Gasteiger charge is 2.17. The summed E-state index contributed by atoms with van der Waals surface area (Å²) in [4.78, 5) is 12.6. The summed E-state index contributed by atoms with van der Waals surface area (Å²) in [6.45, 7) is 6.66. The summed E-state index contributed by atoms with van der Waals surface area (Å²) in [6.07, 6.45) is 0.899. The molecule has 7 heteroatoms. The van der Waals surface area contributed by atoms with Crippen molar-refractivity contribution >= 4 is 41.3 Å². The number of nitrogen functional groups attached to an aromatic ring is 1. The van der Waals surface area contributed by atoms with Crippen molar-refractivity contribution in [2.75, 3.05) is 24.8 Å². The van der Waals surface area contributed by atoms with Gasteiger partial charge in [0, 0.05) is 16.9 Å². The molecule has 0 spiro atoms. The fourth-order valence-corrected chi connectivity index (χ4v) is 2.62. The lowest BCUT2D eigenvalue weighted by Gasteiger charge is -2.15. The van der Waals surface area contributed by atoms with Crippen LogP contribution in [0.25, 0.3) is 0 Å². The van der Waals surface area contributed by atoms with Crippen LogP contribution in [0.3, 0.4) is 0 Å². The molecule has 2 aromatic rings. The van der Waals surface area contributed by atoms with Crippen LogP contribution in [0, 0.1) is 12.8 Å². The number of halogens is 2. The van der Waals surface area contributed by atoms with E-state index in [2.05, 4.69) is 19.2 Å². The number of amides is 1. The van der Waals surface area contributed by atoms with Crippen LogP contribution in [0.1, 0.15) is 36.2 Å². The second-order valence-electron chi connectivity index (χ2n) is 6.55. The number of ether oxygens (including phenoxy) is 2. The van der Waals surface area contributed by atoms with Crippen LogP contribution in [0.5, 0.6) is 11.5 Å². The highest BCUT2D eigenvalue weighted by Crippen LogP contribution is 2.37. The minimum atomic E-state index is -0.298. The van der Waals surface area contributed by atoms with Gasteiger partial charge in [-0.05, 0) is 49.1 Å². The number of benzene rings is 2. The van der Waals surface area contributed by atoms with Crippen molar-refractivity contribution in [2.45, 2.75) is 27.2 Å². The number of nitrogens with two attached hydrogens (primary N) is 1. The second kappa shape index (κ2) is 10.3. The Labute approximate surface area is 171 Å². The standard InChI is InChI=1S/C20H25ClN2O3.ClH/c1-12(2)7-8-26-19-16(21)9-14(10-18(19)25-4)20(24)23-17-11-15(22)6-5-13(17)3;/h5-6,9-12H,7-8,22H2,1-4H3,(H,23,24);1H. The zero-order valence-electron chi connectivity index (χ0n) is 16.0. The monoisotopic (exact) mass is 412 g/mol. The molecule has 0 radical (unpaired) electrons. The molecule has 0 atom stereocenters. The molecule has 5 nitrogen and oxygen atoms in total. The highest BCUT2D eigenvalue weighted by molar-refractivity contribution is 6.32. The van der Waals surface area contributed by atoms with Gasteiger partial charge in [0.25, 0.3) is 5.91 Å². The molecule has 148 valence electrons. The number of rotatable bonds is 7. The molecule has 3 N–H and O–H groups in total. The molecular formula is C20H26Cl2N2O3. The normalized spacial score (nSPS) is 10.3. The van der Waals surface area contributed by atoms with E-state index in [1.165, 1.54) is 7.11 Å². The zero-order valence-corrected chi connectivity index (χ0v) is 17.5. The Morgan fingerprint density at radius 3 is 2.59 bits per heavy atom. The summed E-state index contributed by atoms with van der Waals surface area (Å²) in [7, 11) is 1.52. The maximum Gasteiger partial charge on any atom is 0.255 e. The number of methoxy groups -OCH3 is 1. The molecule has 1 amide bonds. The van der Waals surface area contributed by atoms with Crippen molar-refractivity contribution < 1.29 is 14.3 Å². The van der Waals surface area contributed by atoms with Gasteiger partial charge >= 0.3 is 0 Å². The molecule has 2 rings (SSSR count). The molecule has 0 saturated heterocycles. The van der Waals surface area contributed by atoms with E-state index >= 15 is 0 Å². The number of aryl methyl sites for hydroxylation is 1. The SMILES string of the molecule is COc1cc(C(=O)Nc2cc(N)ccc2C)cc(Cl)c1OCCC(C)C.Cl. The van der Waals surface area contributed by atoms with Crippen molar-refractivity contribution in [3.8, 4) is 11.5 Å². The molecule has 0 aromatic heterocycles. The van der Waals surface area contributed by atoms with E-state index in [4.69, 9.17) is 26.8 Å². The van der Waals surface area contributed by atoms with Gasteiger partial charge in [0.05, 0.1) is 18.7 Å². The molecular weight excluding hydrogens is 387 g/mol. The number of carbonyl (C=O) groups excluding carboxylic acids is 1. The Balaban J connectivity index is 0.00000364. The Hall–Kier alpha value is -2.11. The lowest BCUT2D eigenvalue weighted by atomic mass is 10.1. The van der Waals surface area contributed by atoms with Crippen molar-refractivity contribution in [1.29, 1.82) is 0 Å². The average molecular weight is 413 g/mol. The van der Waals surface area contributed by atoms with E-state index in [1.807, 2.05) is 13.0 Å². The Morgan fingerprint density at radius 2 is 1.96 bits per heavy atom. The maximum absolute atomic E-state index is 12.6. The molecule has 27 heavy (non-hydrogen) atoms. The van der Waals surface area contributed by atoms with Crippen molar-refractivity contribution in [3.63, 3.8) is 0 Å². The third kappa shape index (κ3) is 6.22. The van der Waals surface area contributed by atoms with Gasteiger partial charge in [0.1, 0.15) is 0 Å². The van der Waals surface area contributed by atoms with Crippen LogP contribution in [0.15, 0.2) is 30.3 Å². The van der Waals surface area contributed by atoms with Gasteiger partial charge in [-0.15, -0.1) is 12.4 Å². The predicted octanol–water partition coefficient (Wildman–Crippen LogP) is 5.34. The molecule has 0 unspecified atom stereocenters. The summed E-state index contributed by atoms with van der Waals surface area (Å²) in [5.41, 5.74) is 8.32. The quantitative estimate of drug-likeness (QED) is 0.601. The fraction of sp³-hybridized carbons (Fsp3) is 0.350. The van der Waals surface area contributed by atoms with Gasteiger partial charge in [0.15, 0.2) is 11.5 Å². The van der Waals surface area contributed by atoms with E-state index in [1.54, 1.807) is 24.3 Å². The van der Waals surface area contributed by atoms with Crippen LogP contribution in [0.4, 0.5) is 11.4 Å². The maximum atomic E-state index is 12.6. The summed E-state index contributed by atoms with van der Waals surface area (Å²) in [6, 6.07) is 8.55. The zero-order chi connectivity index (χ0) is 19.3. The first-order chi connectivity index (χ1) is 12.3. The predicted molar refractivity (Wildman–Crippen MR) is 114 cm³/mol. The molecule has 0 aliphatic heterocycles. The largest absolute Gasteiger partial charge is 0.493 e. The van der Waals surface area contributed by atoms with E-state index < -0.39 is 0 Å². The highest BCUT2D eigenvalue weighted by atomic mass is 35.5. The van der Waals surface area contributed by atoms with Crippen LogP contribution in [0.2, 0.25) is 5.02 Å². The van der Waals surface area contributed by atoms with Gasteiger partial charge in [-0.1, -0.05) is 31.5 Å². The van der Waals surface area contributed by atoms with Gasteiger partial charge in [-0.25, -0.2) is 0 Å². The fourth-order valence-electron chi connectivity index (χ4n) is 2.36. The van der Waals surface area contributed by atoms with Gasteiger partial charge in [-0.3, -0.25) is 4.79 Å².